The van der Waals surface area contributed by atoms with Crippen LogP contribution in [0.2, 0.25) is 0 Å². The fourth-order valence-corrected chi connectivity index (χ4v) is 1.78. The maximum Gasteiger partial charge on any atom is 0.122 e. The van der Waals surface area contributed by atoms with E-state index in [1.165, 1.54) is 0 Å². The van der Waals surface area contributed by atoms with Gasteiger partial charge in [-0.3, -0.25) is 0 Å². The first-order valence-electron chi connectivity index (χ1n) is 5.64. The molecule has 0 aromatic heterocycles. The number of methoxy groups -OCH3 is 2. The van der Waals surface area contributed by atoms with E-state index < -0.39 is 0 Å². The minimum atomic E-state index is 0.587. The van der Waals surface area contributed by atoms with Crippen molar-refractivity contribution in [2.24, 2.45) is 5.73 Å². The highest BCUT2D eigenvalue weighted by atomic mass is 16.5. The van der Waals surface area contributed by atoms with Crippen molar-refractivity contribution in [2.45, 2.75) is 19.3 Å². The van der Waals surface area contributed by atoms with Crippen molar-refractivity contribution in [3.63, 3.8) is 0 Å². The van der Waals surface area contributed by atoms with Gasteiger partial charge in [0.15, 0.2) is 0 Å². The van der Waals surface area contributed by atoms with Crippen LogP contribution >= 0.6 is 0 Å². The molecule has 0 aliphatic heterocycles. The van der Waals surface area contributed by atoms with Crippen molar-refractivity contribution >= 4 is 0 Å². The monoisotopic (exact) mass is 233 g/mol. The first-order valence-corrected chi connectivity index (χ1v) is 5.64. The lowest BCUT2D eigenvalue weighted by atomic mass is 10.0. The van der Waals surface area contributed by atoms with E-state index >= 15 is 0 Å². The normalized spacial score (nSPS) is 9.76. The van der Waals surface area contributed by atoms with Crippen LogP contribution in [-0.4, -0.2) is 20.8 Å². The maximum atomic E-state index is 5.57. The Bertz CT molecular complexity index is 407. The highest BCUT2D eigenvalue weighted by Crippen LogP contribution is 2.29. The van der Waals surface area contributed by atoms with E-state index in [1.54, 1.807) is 14.2 Å². The number of benzene rings is 1. The van der Waals surface area contributed by atoms with Gasteiger partial charge in [-0.1, -0.05) is 0 Å². The van der Waals surface area contributed by atoms with Crippen LogP contribution in [0.15, 0.2) is 12.1 Å². The molecule has 0 bridgehead atoms. The Kier molecular flexibility index (Phi) is 5.38. The average Bonchev–Trinajstić information content (AvgIpc) is 2.36. The van der Waals surface area contributed by atoms with E-state index in [0.717, 1.165) is 35.5 Å². The van der Waals surface area contributed by atoms with Crippen molar-refractivity contribution in [3.05, 3.63) is 23.3 Å². The van der Waals surface area contributed by atoms with Crippen LogP contribution in [0.5, 0.6) is 11.5 Å². The van der Waals surface area contributed by atoms with Crippen molar-refractivity contribution in [1.82, 2.24) is 0 Å². The molecule has 1 aromatic carbocycles. The standard InChI is InChI=1S/C14H19NO2/c1-4-5-6-11-9-14(17-3)12(7-8-15)10-13(11)16-2/h1,9-10H,5-8,15H2,2-3H3. The van der Waals surface area contributed by atoms with Gasteiger partial charge in [-0.05, 0) is 42.6 Å². The Morgan fingerprint density at radius 3 is 2.06 bits per heavy atom. The number of rotatable bonds is 6. The van der Waals surface area contributed by atoms with E-state index in [0.29, 0.717) is 13.0 Å². The van der Waals surface area contributed by atoms with Crippen LogP contribution in [0.3, 0.4) is 0 Å². The molecule has 0 atom stereocenters. The molecule has 17 heavy (non-hydrogen) atoms. The second-order valence-corrected chi connectivity index (χ2v) is 3.72. The molecule has 0 saturated carbocycles. The molecule has 3 heteroatoms. The number of hydrogen-bond acceptors (Lipinski definition) is 3. The first kappa shape index (κ1) is 13.4. The highest BCUT2D eigenvalue weighted by Gasteiger charge is 2.10. The SMILES string of the molecule is C#CCCc1cc(OC)c(CCN)cc1OC. The Labute approximate surface area is 103 Å². The molecule has 0 aliphatic carbocycles. The molecule has 0 aliphatic rings. The predicted molar refractivity (Wildman–Crippen MR) is 69.5 cm³/mol. The molecule has 0 fully saturated rings. The van der Waals surface area contributed by atoms with E-state index in [-0.39, 0.29) is 0 Å². The Morgan fingerprint density at radius 2 is 1.65 bits per heavy atom. The number of ether oxygens (including phenoxy) is 2. The van der Waals surface area contributed by atoms with Crippen LogP contribution in [-0.2, 0) is 12.8 Å². The van der Waals surface area contributed by atoms with Crippen LogP contribution in [0.1, 0.15) is 17.5 Å². The Hall–Kier alpha value is -1.66. The largest absolute Gasteiger partial charge is 0.496 e. The second kappa shape index (κ2) is 6.82. The lowest BCUT2D eigenvalue weighted by molar-refractivity contribution is 0.395. The fraction of sp³-hybridized carbons (Fsp3) is 0.429. The topological polar surface area (TPSA) is 44.5 Å². The van der Waals surface area contributed by atoms with Crippen molar-refractivity contribution < 1.29 is 9.47 Å². The van der Waals surface area contributed by atoms with Gasteiger partial charge < -0.3 is 15.2 Å². The molecule has 1 aromatic rings. The second-order valence-electron chi connectivity index (χ2n) is 3.72. The quantitative estimate of drug-likeness (QED) is 0.762. The van der Waals surface area contributed by atoms with E-state index in [4.69, 9.17) is 21.6 Å². The summed E-state index contributed by atoms with van der Waals surface area (Å²) < 4.78 is 10.7. The summed E-state index contributed by atoms with van der Waals surface area (Å²) in [5.41, 5.74) is 7.71. The van der Waals surface area contributed by atoms with Gasteiger partial charge in [-0.2, -0.15) is 0 Å². The minimum absolute atomic E-state index is 0.587. The highest BCUT2D eigenvalue weighted by molar-refractivity contribution is 5.47. The van der Waals surface area contributed by atoms with Crippen LogP contribution in [0.25, 0.3) is 0 Å². The van der Waals surface area contributed by atoms with Gasteiger partial charge in [0, 0.05) is 6.42 Å². The third kappa shape index (κ3) is 3.40. The Balaban J connectivity index is 3.09. The third-order valence-corrected chi connectivity index (χ3v) is 2.64. The summed E-state index contributed by atoms with van der Waals surface area (Å²) in [4.78, 5) is 0. The molecule has 2 N–H and O–H groups in total. The summed E-state index contributed by atoms with van der Waals surface area (Å²) in [6, 6.07) is 3.97. The molecule has 0 amide bonds. The Morgan fingerprint density at radius 1 is 1.12 bits per heavy atom. The first-order chi connectivity index (χ1) is 8.26. The molecule has 0 radical (unpaired) electrons. The van der Waals surface area contributed by atoms with Gasteiger partial charge in [0.2, 0.25) is 0 Å². The summed E-state index contributed by atoms with van der Waals surface area (Å²) >= 11 is 0. The summed E-state index contributed by atoms with van der Waals surface area (Å²) in [7, 11) is 3.32. The van der Waals surface area contributed by atoms with Crippen molar-refractivity contribution in [2.75, 3.05) is 20.8 Å². The number of aryl methyl sites for hydroxylation is 1. The summed E-state index contributed by atoms with van der Waals surface area (Å²) in [5, 5.41) is 0. The van der Waals surface area contributed by atoms with Gasteiger partial charge in [0.25, 0.3) is 0 Å². The molecule has 0 spiro atoms. The zero-order valence-electron chi connectivity index (χ0n) is 10.5. The predicted octanol–water partition coefficient (Wildman–Crippen LogP) is 1.77. The average molecular weight is 233 g/mol. The van der Waals surface area contributed by atoms with E-state index in [1.807, 2.05) is 12.1 Å². The zero-order chi connectivity index (χ0) is 12.7. The van der Waals surface area contributed by atoms with E-state index in [2.05, 4.69) is 5.92 Å². The summed E-state index contributed by atoms with van der Waals surface area (Å²) in [5.74, 6) is 4.33. The lowest BCUT2D eigenvalue weighted by Crippen LogP contribution is -2.05. The minimum Gasteiger partial charge on any atom is -0.496 e. The fourth-order valence-electron chi connectivity index (χ4n) is 1.78. The summed E-state index contributed by atoms with van der Waals surface area (Å²) in [6.07, 6.45) is 7.53. The number of nitrogens with two attached hydrogens (primary N) is 1. The van der Waals surface area contributed by atoms with Gasteiger partial charge >= 0.3 is 0 Å². The molecular formula is C14H19NO2. The smallest absolute Gasteiger partial charge is 0.122 e. The molecule has 0 heterocycles. The number of hydrogen-bond donors (Lipinski definition) is 1. The molecule has 0 unspecified atom stereocenters. The number of terminal acetylenes is 1. The molecule has 1 rings (SSSR count). The summed E-state index contributed by atoms with van der Waals surface area (Å²) in [6.45, 7) is 0.587. The van der Waals surface area contributed by atoms with Crippen molar-refractivity contribution in [3.8, 4) is 23.8 Å². The van der Waals surface area contributed by atoms with Crippen LogP contribution in [0, 0.1) is 12.3 Å². The maximum absolute atomic E-state index is 5.57. The van der Waals surface area contributed by atoms with Gasteiger partial charge in [0.05, 0.1) is 14.2 Å². The lowest BCUT2D eigenvalue weighted by Gasteiger charge is -2.14. The van der Waals surface area contributed by atoms with Gasteiger partial charge in [-0.25, -0.2) is 0 Å². The third-order valence-electron chi connectivity index (χ3n) is 2.64. The molecule has 92 valence electrons. The molecule has 3 nitrogen and oxygen atoms in total. The van der Waals surface area contributed by atoms with Crippen molar-refractivity contribution in [1.29, 1.82) is 0 Å². The zero-order valence-corrected chi connectivity index (χ0v) is 10.5. The van der Waals surface area contributed by atoms with E-state index in [9.17, 15) is 0 Å². The van der Waals surface area contributed by atoms with Gasteiger partial charge in [-0.15, -0.1) is 12.3 Å². The molecular weight excluding hydrogens is 214 g/mol. The van der Waals surface area contributed by atoms with Crippen LogP contribution in [0.4, 0.5) is 0 Å². The van der Waals surface area contributed by atoms with Gasteiger partial charge in [0.1, 0.15) is 11.5 Å². The van der Waals surface area contributed by atoms with Crippen LogP contribution < -0.4 is 15.2 Å². The molecule has 0 saturated heterocycles.